The molecule has 7 heteroatoms. The van der Waals surface area contributed by atoms with E-state index in [-0.39, 0.29) is 16.2 Å². The van der Waals surface area contributed by atoms with E-state index >= 15 is 0 Å². The predicted molar refractivity (Wildman–Crippen MR) is 111 cm³/mol. The summed E-state index contributed by atoms with van der Waals surface area (Å²) >= 11 is 0. The van der Waals surface area contributed by atoms with Crippen LogP contribution in [0.3, 0.4) is 0 Å². The first-order chi connectivity index (χ1) is 13.0. The third-order valence-electron chi connectivity index (χ3n) is 4.93. The molecule has 6 nitrogen and oxygen atoms in total. The highest BCUT2D eigenvalue weighted by Crippen LogP contribution is 2.34. The SMILES string of the molecule is COc1ccc(C(C)(C)C)cc1S(=O)(=O)Nc1ccc2c(c1)CCN2C(C)=O. The number of hydrogen-bond acceptors (Lipinski definition) is 4. The number of amides is 1. The second-order valence-electron chi connectivity index (χ2n) is 7.99. The van der Waals surface area contributed by atoms with E-state index in [0.717, 1.165) is 16.8 Å². The quantitative estimate of drug-likeness (QED) is 0.846. The molecule has 0 bridgehead atoms. The van der Waals surface area contributed by atoms with Crippen molar-refractivity contribution in [2.45, 2.75) is 44.4 Å². The van der Waals surface area contributed by atoms with E-state index in [4.69, 9.17) is 4.74 Å². The molecule has 0 radical (unpaired) electrons. The summed E-state index contributed by atoms with van der Waals surface area (Å²) in [5, 5.41) is 0. The monoisotopic (exact) mass is 402 g/mol. The number of fused-ring (bicyclic) bond motifs is 1. The maximum Gasteiger partial charge on any atom is 0.265 e. The molecule has 0 unspecified atom stereocenters. The van der Waals surface area contributed by atoms with Crippen LogP contribution < -0.4 is 14.4 Å². The van der Waals surface area contributed by atoms with E-state index in [1.54, 1.807) is 35.2 Å². The lowest BCUT2D eigenvalue weighted by atomic mass is 9.87. The molecule has 0 saturated carbocycles. The third kappa shape index (κ3) is 3.85. The number of carbonyl (C=O) groups is 1. The van der Waals surface area contributed by atoms with Gasteiger partial charge < -0.3 is 9.64 Å². The summed E-state index contributed by atoms with van der Waals surface area (Å²) < 4.78 is 34.1. The van der Waals surface area contributed by atoms with Gasteiger partial charge >= 0.3 is 0 Å². The standard InChI is InChI=1S/C21H26N2O4S/c1-14(24)23-11-10-15-12-17(7-8-18(15)23)22-28(25,26)20-13-16(21(2,3)4)6-9-19(20)27-5/h6-9,12-13,22H,10-11H2,1-5H3. The van der Waals surface area contributed by atoms with Gasteiger partial charge in [-0.25, -0.2) is 8.42 Å². The highest BCUT2D eigenvalue weighted by Gasteiger charge is 2.26. The van der Waals surface area contributed by atoms with Gasteiger partial charge in [0.15, 0.2) is 0 Å². The Bertz CT molecular complexity index is 1020. The van der Waals surface area contributed by atoms with Crippen LogP contribution >= 0.6 is 0 Å². The first kappa shape index (κ1) is 20.2. The molecule has 2 aromatic rings. The number of sulfonamides is 1. The number of ether oxygens (including phenoxy) is 1. The molecule has 2 aromatic carbocycles. The lowest BCUT2D eigenvalue weighted by Gasteiger charge is -2.21. The summed E-state index contributed by atoms with van der Waals surface area (Å²) in [5.74, 6) is 0.278. The summed E-state index contributed by atoms with van der Waals surface area (Å²) in [7, 11) is -2.39. The Balaban J connectivity index is 1.96. The van der Waals surface area contributed by atoms with Crippen molar-refractivity contribution in [2.75, 3.05) is 23.3 Å². The number of hydrogen-bond donors (Lipinski definition) is 1. The van der Waals surface area contributed by atoms with Gasteiger partial charge in [-0.05, 0) is 53.3 Å². The summed E-state index contributed by atoms with van der Waals surface area (Å²) in [4.78, 5) is 13.5. The predicted octanol–water partition coefficient (Wildman–Crippen LogP) is 3.70. The number of anilines is 2. The Labute approximate surface area is 166 Å². The average Bonchev–Trinajstić information content (AvgIpc) is 3.03. The number of nitrogens with one attached hydrogen (secondary N) is 1. The van der Waals surface area contributed by atoms with Crippen molar-refractivity contribution < 1.29 is 17.9 Å². The van der Waals surface area contributed by atoms with Crippen LogP contribution in [0.4, 0.5) is 11.4 Å². The Hall–Kier alpha value is -2.54. The van der Waals surface area contributed by atoms with Crippen LogP contribution in [0.5, 0.6) is 5.75 Å². The fourth-order valence-corrected chi connectivity index (χ4v) is 4.60. The van der Waals surface area contributed by atoms with Gasteiger partial charge in [-0.15, -0.1) is 0 Å². The Kier molecular flexibility index (Phi) is 5.14. The van der Waals surface area contributed by atoms with E-state index in [1.807, 2.05) is 26.8 Å². The van der Waals surface area contributed by atoms with E-state index in [1.165, 1.54) is 14.0 Å². The van der Waals surface area contributed by atoms with Crippen LogP contribution in [-0.4, -0.2) is 28.0 Å². The second kappa shape index (κ2) is 7.13. The molecule has 0 spiro atoms. The normalized spacial score (nSPS) is 14.0. The largest absolute Gasteiger partial charge is 0.495 e. The minimum absolute atomic E-state index is 0.0178. The minimum Gasteiger partial charge on any atom is -0.495 e. The molecular formula is C21H26N2O4S. The lowest BCUT2D eigenvalue weighted by molar-refractivity contribution is -0.116. The lowest BCUT2D eigenvalue weighted by Crippen LogP contribution is -2.25. The molecule has 0 atom stereocenters. The summed E-state index contributed by atoms with van der Waals surface area (Å²) in [6.45, 7) is 8.22. The first-order valence-corrected chi connectivity index (χ1v) is 10.6. The molecule has 0 aromatic heterocycles. The van der Waals surface area contributed by atoms with Gasteiger partial charge in [-0.1, -0.05) is 26.8 Å². The van der Waals surface area contributed by atoms with Gasteiger partial charge in [0.25, 0.3) is 10.0 Å². The van der Waals surface area contributed by atoms with Crippen molar-refractivity contribution in [3.63, 3.8) is 0 Å². The highest BCUT2D eigenvalue weighted by atomic mass is 32.2. The molecule has 0 saturated heterocycles. The van der Waals surface area contributed by atoms with Gasteiger partial charge in [0.2, 0.25) is 5.91 Å². The molecule has 150 valence electrons. The number of benzene rings is 2. The molecule has 1 aliphatic rings. The Morgan fingerprint density at radius 3 is 2.46 bits per heavy atom. The number of methoxy groups -OCH3 is 1. The molecule has 0 fully saturated rings. The fraction of sp³-hybridized carbons (Fsp3) is 0.381. The minimum atomic E-state index is -3.84. The van der Waals surface area contributed by atoms with Gasteiger partial charge in [0.1, 0.15) is 10.6 Å². The Morgan fingerprint density at radius 2 is 1.86 bits per heavy atom. The number of carbonyl (C=O) groups excluding carboxylic acids is 1. The van der Waals surface area contributed by atoms with Crippen LogP contribution in [-0.2, 0) is 26.7 Å². The third-order valence-corrected chi connectivity index (χ3v) is 6.33. The second-order valence-corrected chi connectivity index (χ2v) is 9.64. The first-order valence-electron chi connectivity index (χ1n) is 9.15. The van der Waals surface area contributed by atoms with Gasteiger partial charge in [0, 0.05) is 24.8 Å². The van der Waals surface area contributed by atoms with Gasteiger partial charge in [-0.3, -0.25) is 9.52 Å². The zero-order valence-electron chi connectivity index (χ0n) is 16.9. The Morgan fingerprint density at radius 1 is 1.14 bits per heavy atom. The molecule has 1 heterocycles. The maximum atomic E-state index is 13.1. The van der Waals surface area contributed by atoms with Crippen molar-refractivity contribution in [3.05, 3.63) is 47.5 Å². The van der Waals surface area contributed by atoms with Crippen molar-refractivity contribution in [3.8, 4) is 5.75 Å². The van der Waals surface area contributed by atoms with Crippen molar-refractivity contribution >= 4 is 27.3 Å². The topological polar surface area (TPSA) is 75.7 Å². The number of nitrogens with zero attached hydrogens (tertiary/aromatic N) is 1. The van der Waals surface area contributed by atoms with Crippen LogP contribution in [0, 0.1) is 0 Å². The summed E-state index contributed by atoms with van der Waals surface area (Å²) in [6.07, 6.45) is 0.702. The van der Waals surface area contributed by atoms with Crippen LogP contribution in [0.1, 0.15) is 38.8 Å². The van der Waals surface area contributed by atoms with E-state index in [2.05, 4.69) is 4.72 Å². The summed E-state index contributed by atoms with van der Waals surface area (Å²) in [6, 6.07) is 10.5. The maximum absolute atomic E-state index is 13.1. The van der Waals surface area contributed by atoms with Crippen molar-refractivity contribution in [1.29, 1.82) is 0 Å². The molecular weight excluding hydrogens is 376 g/mol. The highest BCUT2D eigenvalue weighted by molar-refractivity contribution is 7.92. The van der Waals surface area contributed by atoms with Crippen LogP contribution in [0.25, 0.3) is 0 Å². The zero-order chi connectivity index (χ0) is 20.7. The van der Waals surface area contributed by atoms with Crippen LogP contribution in [0.2, 0.25) is 0 Å². The zero-order valence-corrected chi connectivity index (χ0v) is 17.7. The van der Waals surface area contributed by atoms with E-state index in [0.29, 0.717) is 24.4 Å². The molecule has 3 rings (SSSR count). The van der Waals surface area contributed by atoms with Gasteiger partial charge in [0.05, 0.1) is 7.11 Å². The van der Waals surface area contributed by atoms with Crippen LogP contribution in [0.15, 0.2) is 41.3 Å². The fourth-order valence-electron chi connectivity index (χ4n) is 3.36. The molecule has 1 aliphatic heterocycles. The van der Waals surface area contributed by atoms with E-state index in [9.17, 15) is 13.2 Å². The molecule has 1 N–H and O–H groups in total. The molecule has 0 aliphatic carbocycles. The molecule has 28 heavy (non-hydrogen) atoms. The summed E-state index contributed by atoms with van der Waals surface area (Å²) in [5.41, 5.74) is 2.96. The number of rotatable bonds is 4. The van der Waals surface area contributed by atoms with E-state index < -0.39 is 10.0 Å². The van der Waals surface area contributed by atoms with Crippen molar-refractivity contribution in [1.82, 2.24) is 0 Å². The van der Waals surface area contributed by atoms with Gasteiger partial charge in [-0.2, -0.15) is 0 Å². The smallest absolute Gasteiger partial charge is 0.265 e. The average molecular weight is 403 g/mol. The molecule has 1 amide bonds. The van der Waals surface area contributed by atoms with Crippen molar-refractivity contribution in [2.24, 2.45) is 0 Å².